The van der Waals surface area contributed by atoms with Crippen molar-refractivity contribution in [2.75, 3.05) is 13.7 Å². The van der Waals surface area contributed by atoms with E-state index in [9.17, 15) is 9.18 Å². The van der Waals surface area contributed by atoms with Crippen LogP contribution in [0.5, 0.6) is 0 Å². The number of rotatable bonds is 8. The van der Waals surface area contributed by atoms with E-state index in [0.717, 1.165) is 11.1 Å². The Kier molecular flexibility index (Phi) is 9.36. The van der Waals surface area contributed by atoms with E-state index >= 15 is 0 Å². The van der Waals surface area contributed by atoms with Gasteiger partial charge in [-0.25, -0.2) is 10.0 Å². The lowest BCUT2D eigenvalue weighted by molar-refractivity contribution is 0.0227. The van der Waals surface area contributed by atoms with E-state index < -0.39 is 11.6 Å². The number of hydrogen-bond donors (Lipinski definition) is 0. The highest BCUT2D eigenvalue weighted by Gasteiger charge is 2.29. The molecule has 0 saturated heterocycles. The number of terminal acetylenes is 1. The quantitative estimate of drug-likeness (QED) is 0.202. The number of ketones is 1. The van der Waals surface area contributed by atoms with E-state index in [0.29, 0.717) is 37.2 Å². The molecule has 0 saturated carbocycles. The Balaban J connectivity index is 0.00000204. The Morgan fingerprint density at radius 1 is 1.38 bits per heavy atom. The number of Topliss-reactive ketones (excluding diaryl/α,β-unsaturated/α-hetero) is 1. The first kappa shape index (κ1) is 24.2. The molecule has 7 heteroatoms. The van der Waals surface area contributed by atoms with Crippen molar-refractivity contribution in [2.45, 2.75) is 52.7 Å². The minimum atomic E-state index is -0.867. The highest BCUT2D eigenvalue weighted by molar-refractivity contribution is 6.03. The van der Waals surface area contributed by atoms with Gasteiger partial charge in [0.1, 0.15) is 5.60 Å². The van der Waals surface area contributed by atoms with Crippen LogP contribution in [-0.2, 0) is 11.3 Å². The molecular formula is C22H29FN4O2. The Hall–Kier alpha value is -2.85. The van der Waals surface area contributed by atoms with Crippen molar-refractivity contribution in [3.05, 3.63) is 46.5 Å². The highest BCUT2D eigenvalue weighted by Crippen LogP contribution is 2.23. The van der Waals surface area contributed by atoms with Gasteiger partial charge in [-0.15, -0.1) is 12.8 Å². The van der Waals surface area contributed by atoms with Gasteiger partial charge < -0.3 is 4.74 Å². The van der Waals surface area contributed by atoms with Gasteiger partial charge in [0.15, 0.2) is 5.78 Å². The number of hydrogen-bond acceptors (Lipinski definition) is 5. The zero-order chi connectivity index (χ0) is 22.0. The number of aliphatic imine (C=N–C) groups is 1. The molecule has 0 aliphatic carbocycles. The van der Waals surface area contributed by atoms with Crippen molar-refractivity contribution in [3.8, 4) is 12.8 Å². The molecule has 0 aromatic heterocycles. The summed E-state index contributed by atoms with van der Waals surface area (Å²) in [5.74, 6) is -0.561. The third kappa shape index (κ3) is 6.33. The maximum atomic E-state index is 13.8. The average molecular weight is 400 g/mol. The van der Waals surface area contributed by atoms with Gasteiger partial charge in [-0.1, -0.05) is 23.4 Å². The number of nitrogens with zero attached hydrogens (tertiary/aromatic N) is 4. The second-order valence-corrected chi connectivity index (χ2v) is 6.89. The van der Waals surface area contributed by atoms with Crippen LogP contribution in [0.2, 0.25) is 0 Å². The van der Waals surface area contributed by atoms with Crippen LogP contribution in [0.4, 0.5) is 4.39 Å². The largest absolute Gasteiger partial charge is 0.371 e. The van der Waals surface area contributed by atoms with Crippen LogP contribution in [0.25, 0.3) is 0 Å². The smallest absolute Gasteiger partial charge is 0.233 e. The van der Waals surface area contributed by atoms with E-state index in [-0.39, 0.29) is 5.78 Å². The molecule has 0 amide bonds. The van der Waals surface area contributed by atoms with Crippen LogP contribution < -0.4 is 0 Å². The first-order valence-corrected chi connectivity index (χ1v) is 9.39. The monoisotopic (exact) mass is 400 g/mol. The topological polar surface area (TPSA) is 66.6 Å². The second-order valence-electron chi connectivity index (χ2n) is 6.89. The summed E-state index contributed by atoms with van der Waals surface area (Å²) in [5.41, 5.74) is 2.01. The van der Waals surface area contributed by atoms with Crippen molar-refractivity contribution in [2.24, 2.45) is 15.3 Å². The summed E-state index contributed by atoms with van der Waals surface area (Å²) in [6.07, 6.45) is 10.8. The fourth-order valence-electron chi connectivity index (χ4n) is 2.75. The van der Waals surface area contributed by atoms with E-state index in [1.807, 2.05) is 26.0 Å². The summed E-state index contributed by atoms with van der Waals surface area (Å²) in [6, 6.07) is 5.56. The number of benzene rings is 1. The molecule has 0 radical (unpaired) electrons. The lowest BCUT2D eigenvalue weighted by Crippen LogP contribution is -2.34. The molecule has 0 fully saturated rings. The summed E-state index contributed by atoms with van der Waals surface area (Å²) < 4.78 is 19.1. The molecule has 1 heterocycles. The normalized spacial score (nSPS) is 13.9. The van der Waals surface area contributed by atoms with Crippen LogP contribution in [0, 0.1) is 19.8 Å². The second kappa shape index (κ2) is 11.2. The zero-order valence-electron chi connectivity index (χ0n) is 17.8. The molecule has 1 aromatic carbocycles. The highest BCUT2D eigenvalue weighted by atomic mass is 19.1. The molecule has 29 heavy (non-hydrogen) atoms. The van der Waals surface area contributed by atoms with Crippen molar-refractivity contribution in [1.82, 2.24) is 5.01 Å². The lowest BCUT2D eigenvalue weighted by Gasteiger charge is -2.22. The summed E-state index contributed by atoms with van der Waals surface area (Å²) in [4.78, 5) is 16.3. The van der Waals surface area contributed by atoms with Crippen LogP contribution in [0.3, 0.4) is 0 Å². The Labute approximate surface area is 172 Å². The number of ether oxygens (including phenoxy) is 1. The van der Waals surface area contributed by atoms with Crippen molar-refractivity contribution < 1.29 is 13.9 Å². The molecule has 0 N–H and O–H groups in total. The Bertz CT molecular complexity index is 825. The minimum absolute atomic E-state index is 0.0619. The van der Waals surface area contributed by atoms with Gasteiger partial charge in [0.05, 0.1) is 12.2 Å². The van der Waals surface area contributed by atoms with Crippen LogP contribution in [0.15, 0.2) is 45.2 Å². The number of allylic oxidation sites excluding steroid dienone is 1. The summed E-state index contributed by atoms with van der Waals surface area (Å²) >= 11 is 0. The number of halogens is 1. The van der Waals surface area contributed by atoms with E-state index in [1.165, 1.54) is 12.1 Å². The van der Waals surface area contributed by atoms with Crippen LogP contribution >= 0.6 is 0 Å². The van der Waals surface area contributed by atoms with Crippen molar-refractivity contribution >= 4 is 12.0 Å². The van der Waals surface area contributed by atoms with Gasteiger partial charge in [-0.2, -0.15) is 9.50 Å². The lowest BCUT2D eigenvalue weighted by atomic mass is 9.92. The Morgan fingerprint density at radius 3 is 2.62 bits per heavy atom. The van der Waals surface area contributed by atoms with Gasteiger partial charge in [0.2, 0.25) is 5.95 Å². The first-order valence-electron chi connectivity index (χ1n) is 9.39. The summed E-state index contributed by atoms with van der Waals surface area (Å²) in [7, 11) is 1.53. The predicted octanol–water partition coefficient (Wildman–Crippen LogP) is 5.04. The van der Waals surface area contributed by atoms with E-state index in [4.69, 9.17) is 4.74 Å². The van der Waals surface area contributed by atoms with Crippen LogP contribution in [0.1, 0.15) is 55.1 Å². The third-order valence-electron chi connectivity index (χ3n) is 4.58. The Morgan fingerprint density at radius 2 is 2.07 bits per heavy atom. The number of methoxy groups -OCH3 is 1. The first-order chi connectivity index (χ1) is 13.8. The van der Waals surface area contributed by atoms with Crippen LogP contribution in [-0.4, -0.2) is 36.3 Å². The average Bonchev–Trinajstić information content (AvgIpc) is 2.73. The van der Waals surface area contributed by atoms with Gasteiger partial charge in [0, 0.05) is 25.4 Å². The molecular weight excluding hydrogens is 371 g/mol. The third-order valence-corrected chi connectivity index (χ3v) is 4.58. The SMILES string of the molecule is C#C.CCN(N=NCc1ccc(C(=O)C(C)(C)OC)c(C)c1)C1=C(F)N=CCC1. The predicted molar refractivity (Wildman–Crippen MR) is 113 cm³/mol. The zero-order valence-corrected chi connectivity index (χ0v) is 17.8. The molecule has 0 unspecified atom stereocenters. The molecule has 2 rings (SSSR count). The van der Waals surface area contributed by atoms with Gasteiger partial charge >= 0.3 is 0 Å². The molecule has 0 spiro atoms. The number of carbonyl (C=O) groups is 1. The fraction of sp³-hybridized carbons (Fsp3) is 0.455. The molecule has 6 nitrogen and oxygen atoms in total. The molecule has 1 aromatic rings. The van der Waals surface area contributed by atoms with Crippen molar-refractivity contribution in [3.63, 3.8) is 0 Å². The van der Waals surface area contributed by atoms with E-state index in [2.05, 4.69) is 28.2 Å². The van der Waals surface area contributed by atoms with Gasteiger partial charge in [-0.05, 0) is 51.7 Å². The van der Waals surface area contributed by atoms with Gasteiger partial charge in [0.25, 0.3) is 0 Å². The molecule has 1 aliphatic rings. The summed E-state index contributed by atoms with van der Waals surface area (Å²) in [6.45, 7) is 8.13. The number of aryl methyl sites for hydroxylation is 1. The maximum Gasteiger partial charge on any atom is 0.233 e. The van der Waals surface area contributed by atoms with E-state index in [1.54, 1.807) is 26.1 Å². The molecule has 156 valence electrons. The van der Waals surface area contributed by atoms with Gasteiger partial charge in [-0.3, -0.25) is 4.79 Å². The molecule has 1 aliphatic heterocycles. The fourth-order valence-corrected chi connectivity index (χ4v) is 2.75. The molecule has 0 bridgehead atoms. The standard InChI is InChI=1S/C20H27FN4O2.C2H2/c1-6-25(17-8-7-11-22-19(17)21)24-23-13-15-9-10-16(14(2)12-15)18(26)20(3,4)27-5;1-2/h9-12H,6-8,13H2,1-5H3;1-2H. The molecule has 0 atom stereocenters. The maximum absolute atomic E-state index is 13.8. The number of carbonyl (C=O) groups excluding carboxylic acids is 1. The minimum Gasteiger partial charge on any atom is -0.371 e. The van der Waals surface area contributed by atoms with Crippen molar-refractivity contribution in [1.29, 1.82) is 0 Å². The summed E-state index contributed by atoms with van der Waals surface area (Å²) in [5, 5.41) is 9.88.